The highest BCUT2D eigenvalue weighted by Gasteiger charge is 2.30. The largest absolute Gasteiger partial charge is 0.480 e. The maximum Gasteiger partial charge on any atom is 0.320 e. The molecular formula is C13H14FN3O2. The molecule has 1 atom stereocenters. The van der Waals surface area contributed by atoms with Crippen molar-refractivity contribution in [3.63, 3.8) is 0 Å². The number of nitrogens with one attached hydrogen (secondary N) is 1. The van der Waals surface area contributed by atoms with Crippen molar-refractivity contribution in [2.45, 2.75) is 25.4 Å². The Balaban J connectivity index is 1.85. The number of para-hydroxylation sites is 1. The quantitative estimate of drug-likeness (QED) is 0.885. The van der Waals surface area contributed by atoms with Crippen molar-refractivity contribution in [1.29, 1.82) is 0 Å². The van der Waals surface area contributed by atoms with E-state index in [9.17, 15) is 9.18 Å². The Hall–Kier alpha value is -1.95. The van der Waals surface area contributed by atoms with Crippen molar-refractivity contribution in [2.24, 2.45) is 0 Å². The number of likely N-dealkylation sites (tertiary alicyclic amines) is 1. The van der Waals surface area contributed by atoms with Gasteiger partial charge in [-0.15, -0.1) is 0 Å². The van der Waals surface area contributed by atoms with Crippen LogP contribution in [0.1, 0.15) is 18.7 Å². The van der Waals surface area contributed by atoms with E-state index in [1.807, 2.05) is 4.90 Å². The third-order valence-electron chi connectivity index (χ3n) is 3.51. The van der Waals surface area contributed by atoms with Gasteiger partial charge in [0.15, 0.2) is 5.82 Å². The molecule has 1 fully saturated rings. The zero-order valence-corrected chi connectivity index (χ0v) is 10.3. The van der Waals surface area contributed by atoms with E-state index >= 15 is 0 Å². The molecule has 0 spiro atoms. The second kappa shape index (κ2) is 4.62. The first kappa shape index (κ1) is 12.1. The van der Waals surface area contributed by atoms with Crippen LogP contribution in [-0.2, 0) is 11.3 Å². The van der Waals surface area contributed by atoms with E-state index in [1.165, 1.54) is 6.07 Å². The Bertz CT molecular complexity index is 625. The summed E-state index contributed by atoms with van der Waals surface area (Å²) in [4.78, 5) is 20.2. The van der Waals surface area contributed by atoms with E-state index in [4.69, 9.17) is 5.11 Å². The molecule has 1 aromatic heterocycles. The van der Waals surface area contributed by atoms with Crippen molar-refractivity contribution in [3.05, 3.63) is 29.8 Å². The number of nitrogens with zero attached hydrogens (tertiary/aromatic N) is 2. The van der Waals surface area contributed by atoms with Gasteiger partial charge in [-0.2, -0.15) is 0 Å². The Morgan fingerprint density at radius 3 is 3.16 bits per heavy atom. The first-order valence-corrected chi connectivity index (χ1v) is 6.25. The molecule has 1 saturated heterocycles. The number of halogens is 1. The van der Waals surface area contributed by atoms with Gasteiger partial charge in [0.05, 0.1) is 12.1 Å². The van der Waals surface area contributed by atoms with E-state index < -0.39 is 12.0 Å². The third kappa shape index (κ3) is 2.19. The van der Waals surface area contributed by atoms with Crippen molar-refractivity contribution in [3.8, 4) is 0 Å². The number of carboxylic acids is 1. The van der Waals surface area contributed by atoms with Crippen LogP contribution in [0.4, 0.5) is 4.39 Å². The van der Waals surface area contributed by atoms with Gasteiger partial charge in [0.1, 0.15) is 17.4 Å². The molecule has 1 unspecified atom stereocenters. The molecule has 1 aromatic carbocycles. The zero-order valence-electron chi connectivity index (χ0n) is 10.3. The molecule has 0 bridgehead atoms. The number of hydrogen-bond donors (Lipinski definition) is 2. The van der Waals surface area contributed by atoms with Crippen LogP contribution in [0, 0.1) is 5.82 Å². The maximum absolute atomic E-state index is 13.5. The monoisotopic (exact) mass is 263 g/mol. The molecule has 2 N–H and O–H groups in total. The highest BCUT2D eigenvalue weighted by molar-refractivity contribution is 5.76. The second-order valence-electron chi connectivity index (χ2n) is 4.79. The number of imidazole rings is 1. The number of aromatic nitrogens is 2. The van der Waals surface area contributed by atoms with Gasteiger partial charge in [-0.05, 0) is 31.5 Å². The molecule has 0 saturated carbocycles. The number of aliphatic carboxylic acids is 1. The summed E-state index contributed by atoms with van der Waals surface area (Å²) in [6, 6.07) is 4.28. The molecule has 1 aliphatic rings. The smallest absolute Gasteiger partial charge is 0.320 e. The lowest BCUT2D eigenvalue weighted by Gasteiger charge is -2.19. The fraction of sp³-hybridized carbons (Fsp3) is 0.385. The number of aromatic amines is 1. The number of benzene rings is 1. The summed E-state index contributed by atoms with van der Waals surface area (Å²) in [5.41, 5.74) is 0.949. The van der Waals surface area contributed by atoms with Crippen LogP contribution in [0.2, 0.25) is 0 Å². The number of H-pyrrole nitrogens is 1. The molecule has 0 amide bonds. The van der Waals surface area contributed by atoms with Crippen LogP contribution >= 0.6 is 0 Å². The fourth-order valence-corrected chi connectivity index (χ4v) is 2.61. The minimum absolute atomic E-state index is 0.309. The van der Waals surface area contributed by atoms with Gasteiger partial charge in [0.2, 0.25) is 0 Å². The standard InChI is InChI=1S/C13H14FN3O2/c14-8-3-1-4-9-12(8)16-11(15-9)7-17-6-2-5-10(17)13(18)19/h1,3-4,10H,2,5-7H2,(H,15,16)(H,18,19). The van der Waals surface area contributed by atoms with Crippen LogP contribution in [0.15, 0.2) is 18.2 Å². The predicted molar refractivity (Wildman–Crippen MR) is 67.1 cm³/mol. The van der Waals surface area contributed by atoms with Gasteiger partial charge >= 0.3 is 5.97 Å². The molecule has 5 nitrogen and oxygen atoms in total. The minimum Gasteiger partial charge on any atom is -0.480 e. The van der Waals surface area contributed by atoms with E-state index in [2.05, 4.69) is 9.97 Å². The van der Waals surface area contributed by atoms with Crippen molar-refractivity contribution < 1.29 is 14.3 Å². The molecule has 19 heavy (non-hydrogen) atoms. The van der Waals surface area contributed by atoms with Crippen molar-refractivity contribution in [1.82, 2.24) is 14.9 Å². The van der Waals surface area contributed by atoms with Gasteiger partial charge < -0.3 is 10.1 Å². The molecule has 2 aromatic rings. The summed E-state index contributed by atoms with van der Waals surface area (Å²) in [6.45, 7) is 1.14. The Labute approximate surface area is 109 Å². The van der Waals surface area contributed by atoms with Gasteiger partial charge in [-0.1, -0.05) is 6.07 Å². The minimum atomic E-state index is -0.806. The summed E-state index contributed by atoms with van der Waals surface area (Å²) < 4.78 is 13.5. The molecule has 0 aliphatic carbocycles. The number of rotatable bonds is 3. The highest BCUT2D eigenvalue weighted by atomic mass is 19.1. The molecule has 3 rings (SSSR count). The van der Waals surface area contributed by atoms with Crippen molar-refractivity contribution in [2.75, 3.05) is 6.54 Å². The average Bonchev–Trinajstić information content (AvgIpc) is 2.96. The van der Waals surface area contributed by atoms with E-state index in [-0.39, 0.29) is 5.82 Å². The van der Waals surface area contributed by atoms with E-state index in [0.717, 1.165) is 13.0 Å². The van der Waals surface area contributed by atoms with Gasteiger partial charge in [0, 0.05) is 0 Å². The van der Waals surface area contributed by atoms with E-state index in [0.29, 0.717) is 29.8 Å². The van der Waals surface area contributed by atoms with Crippen LogP contribution in [0.25, 0.3) is 11.0 Å². The zero-order chi connectivity index (χ0) is 13.4. The van der Waals surface area contributed by atoms with E-state index in [1.54, 1.807) is 12.1 Å². The molecule has 0 radical (unpaired) electrons. The first-order valence-electron chi connectivity index (χ1n) is 6.25. The molecular weight excluding hydrogens is 249 g/mol. The lowest BCUT2D eigenvalue weighted by Crippen LogP contribution is -2.35. The van der Waals surface area contributed by atoms with Crippen LogP contribution in [0.3, 0.4) is 0 Å². The number of carbonyl (C=O) groups is 1. The van der Waals surface area contributed by atoms with Crippen LogP contribution < -0.4 is 0 Å². The number of fused-ring (bicyclic) bond motifs is 1. The third-order valence-corrected chi connectivity index (χ3v) is 3.51. The van der Waals surface area contributed by atoms with Gasteiger partial charge in [-0.3, -0.25) is 9.69 Å². The van der Waals surface area contributed by atoms with Gasteiger partial charge in [0.25, 0.3) is 0 Å². The first-order chi connectivity index (χ1) is 9.15. The maximum atomic E-state index is 13.5. The average molecular weight is 263 g/mol. The highest BCUT2D eigenvalue weighted by Crippen LogP contribution is 2.21. The number of carboxylic acid groups (broad SMARTS) is 1. The topological polar surface area (TPSA) is 69.2 Å². The summed E-state index contributed by atoms with van der Waals surface area (Å²) >= 11 is 0. The fourth-order valence-electron chi connectivity index (χ4n) is 2.61. The summed E-state index contributed by atoms with van der Waals surface area (Å²) in [5, 5.41) is 9.11. The van der Waals surface area contributed by atoms with Gasteiger partial charge in [-0.25, -0.2) is 9.37 Å². The summed E-state index contributed by atoms with van der Waals surface area (Å²) in [5.74, 6) is -0.566. The normalized spacial score (nSPS) is 20.2. The summed E-state index contributed by atoms with van der Waals surface area (Å²) in [6.07, 6.45) is 1.52. The predicted octanol–water partition coefficient (Wildman–Crippen LogP) is 1.75. The SMILES string of the molecule is O=C(O)C1CCCN1Cc1nc2c(F)cccc2[nH]1. The van der Waals surface area contributed by atoms with Crippen LogP contribution in [0.5, 0.6) is 0 Å². The Kier molecular flexibility index (Phi) is 2.94. The molecule has 2 heterocycles. The van der Waals surface area contributed by atoms with Crippen LogP contribution in [-0.4, -0.2) is 38.5 Å². The lowest BCUT2D eigenvalue weighted by atomic mass is 10.2. The molecule has 1 aliphatic heterocycles. The summed E-state index contributed by atoms with van der Waals surface area (Å²) in [7, 11) is 0. The molecule has 6 heteroatoms. The molecule has 100 valence electrons. The lowest BCUT2D eigenvalue weighted by molar-refractivity contribution is -0.142. The Morgan fingerprint density at radius 1 is 1.58 bits per heavy atom. The second-order valence-corrected chi connectivity index (χ2v) is 4.79. The Morgan fingerprint density at radius 2 is 2.42 bits per heavy atom. The van der Waals surface area contributed by atoms with Crippen molar-refractivity contribution >= 4 is 17.0 Å². The number of hydrogen-bond acceptors (Lipinski definition) is 3.